The Bertz CT molecular complexity index is 701. The molecular weight excluding hydrogens is 276 g/mol. The van der Waals surface area contributed by atoms with Gasteiger partial charge in [-0.3, -0.25) is 9.69 Å². The number of hydrogen-bond acceptors (Lipinski definition) is 4. The van der Waals surface area contributed by atoms with E-state index in [2.05, 4.69) is 16.9 Å². The average molecular weight is 296 g/mol. The van der Waals surface area contributed by atoms with E-state index in [-0.39, 0.29) is 11.7 Å². The van der Waals surface area contributed by atoms with E-state index in [4.69, 9.17) is 4.74 Å². The molecule has 2 bridgehead atoms. The van der Waals surface area contributed by atoms with Gasteiger partial charge in [0.15, 0.2) is 5.78 Å². The second-order valence-electron chi connectivity index (χ2n) is 6.43. The van der Waals surface area contributed by atoms with Crippen molar-refractivity contribution >= 4 is 16.7 Å². The molecule has 2 aliphatic heterocycles. The summed E-state index contributed by atoms with van der Waals surface area (Å²) in [6, 6.07) is 12.5. The maximum absolute atomic E-state index is 12.9. The summed E-state index contributed by atoms with van der Waals surface area (Å²) in [5.74, 6) is 0.263. The Morgan fingerprint density at radius 1 is 1.14 bits per heavy atom. The van der Waals surface area contributed by atoms with Gasteiger partial charge in [-0.1, -0.05) is 24.3 Å². The lowest BCUT2D eigenvalue weighted by Gasteiger charge is -2.46. The summed E-state index contributed by atoms with van der Waals surface area (Å²) in [4.78, 5) is 19.8. The summed E-state index contributed by atoms with van der Waals surface area (Å²) in [5.41, 5.74) is 1.50. The summed E-state index contributed by atoms with van der Waals surface area (Å²) in [6.45, 7) is 1.48. The van der Waals surface area contributed by atoms with Gasteiger partial charge in [-0.25, -0.2) is 4.98 Å². The van der Waals surface area contributed by atoms with Crippen LogP contribution >= 0.6 is 0 Å². The first kappa shape index (κ1) is 13.9. The summed E-state index contributed by atoms with van der Waals surface area (Å²) in [7, 11) is 2.15. The summed E-state index contributed by atoms with van der Waals surface area (Å²) >= 11 is 0. The highest BCUT2D eigenvalue weighted by molar-refractivity contribution is 5.98. The second kappa shape index (κ2) is 5.45. The number of carbonyl (C=O) groups excluding carboxylic acids is 1. The molecule has 2 saturated heterocycles. The SMILES string of the molecule is CN1C2COCC1CC(C(=O)c1ccc3ccccc3n1)C2. The fourth-order valence-electron chi connectivity index (χ4n) is 3.72. The van der Waals surface area contributed by atoms with E-state index in [1.54, 1.807) is 0 Å². The third-order valence-corrected chi connectivity index (χ3v) is 5.11. The number of fused-ring (bicyclic) bond motifs is 3. The molecule has 2 unspecified atom stereocenters. The van der Waals surface area contributed by atoms with Crippen LogP contribution in [0.15, 0.2) is 36.4 Å². The van der Waals surface area contributed by atoms with Crippen LogP contribution in [-0.4, -0.2) is 48.0 Å². The Kier molecular flexibility index (Phi) is 3.43. The Morgan fingerprint density at radius 2 is 1.86 bits per heavy atom. The van der Waals surface area contributed by atoms with Gasteiger partial charge in [-0.05, 0) is 32.0 Å². The number of aromatic nitrogens is 1. The number of nitrogens with zero attached hydrogens (tertiary/aromatic N) is 2. The molecule has 0 N–H and O–H groups in total. The van der Waals surface area contributed by atoms with E-state index in [1.807, 2.05) is 36.4 Å². The number of morpholine rings is 1. The van der Waals surface area contributed by atoms with Gasteiger partial charge in [-0.2, -0.15) is 0 Å². The van der Waals surface area contributed by atoms with E-state index in [0.29, 0.717) is 17.8 Å². The summed E-state index contributed by atoms with van der Waals surface area (Å²) < 4.78 is 5.63. The highest BCUT2D eigenvalue weighted by Gasteiger charge is 2.39. The number of ether oxygens (including phenoxy) is 1. The zero-order chi connectivity index (χ0) is 15.1. The third-order valence-electron chi connectivity index (χ3n) is 5.11. The number of para-hydroxylation sites is 1. The van der Waals surface area contributed by atoms with Crippen molar-refractivity contribution in [3.8, 4) is 0 Å². The number of Topliss-reactive ketones (excluding diaryl/α,β-unsaturated/α-hetero) is 1. The van der Waals surface area contributed by atoms with Crippen LogP contribution in [0, 0.1) is 5.92 Å². The van der Waals surface area contributed by atoms with Crippen molar-refractivity contribution < 1.29 is 9.53 Å². The molecule has 114 valence electrons. The minimum absolute atomic E-state index is 0.0729. The minimum Gasteiger partial charge on any atom is -0.378 e. The molecule has 1 aromatic carbocycles. The van der Waals surface area contributed by atoms with Crippen molar-refractivity contribution in [3.05, 3.63) is 42.1 Å². The monoisotopic (exact) mass is 296 g/mol. The molecule has 0 radical (unpaired) electrons. The molecule has 4 rings (SSSR count). The van der Waals surface area contributed by atoms with Gasteiger partial charge in [0, 0.05) is 23.4 Å². The van der Waals surface area contributed by atoms with Gasteiger partial charge in [-0.15, -0.1) is 0 Å². The average Bonchev–Trinajstić information content (AvgIpc) is 2.53. The van der Waals surface area contributed by atoms with Crippen LogP contribution in [-0.2, 0) is 4.74 Å². The number of rotatable bonds is 2. The zero-order valence-corrected chi connectivity index (χ0v) is 12.7. The molecule has 2 aromatic rings. The van der Waals surface area contributed by atoms with Crippen molar-refractivity contribution in [1.82, 2.24) is 9.88 Å². The van der Waals surface area contributed by atoms with Crippen LogP contribution in [0.25, 0.3) is 10.9 Å². The second-order valence-corrected chi connectivity index (χ2v) is 6.43. The topological polar surface area (TPSA) is 42.4 Å². The Hall–Kier alpha value is -1.78. The molecule has 2 aliphatic rings. The number of pyridine rings is 1. The lowest BCUT2D eigenvalue weighted by atomic mass is 9.82. The molecule has 0 amide bonds. The quantitative estimate of drug-likeness (QED) is 0.799. The van der Waals surface area contributed by atoms with Crippen LogP contribution in [0.5, 0.6) is 0 Å². The number of hydrogen-bond donors (Lipinski definition) is 0. The van der Waals surface area contributed by atoms with Crippen molar-refractivity contribution in [1.29, 1.82) is 0 Å². The first-order valence-corrected chi connectivity index (χ1v) is 7.92. The number of piperidine rings is 1. The molecule has 0 saturated carbocycles. The van der Waals surface area contributed by atoms with Crippen LogP contribution in [0.3, 0.4) is 0 Å². The van der Waals surface area contributed by atoms with E-state index >= 15 is 0 Å². The fraction of sp³-hybridized carbons (Fsp3) is 0.444. The van der Waals surface area contributed by atoms with E-state index in [1.165, 1.54) is 0 Å². The van der Waals surface area contributed by atoms with Crippen LogP contribution in [0.1, 0.15) is 23.3 Å². The van der Waals surface area contributed by atoms with Crippen molar-refractivity contribution in [2.24, 2.45) is 5.92 Å². The molecule has 1 aromatic heterocycles. The Balaban J connectivity index is 1.60. The molecule has 4 nitrogen and oxygen atoms in total. The predicted octanol–water partition coefficient (Wildman–Crippen LogP) is 2.53. The molecular formula is C18H20N2O2. The Labute approximate surface area is 130 Å². The first-order chi connectivity index (χ1) is 10.7. The van der Waals surface area contributed by atoms with Crippen LogP contribution < -0.4 is 0 Å². The lowest BCUT2D eigenvalue weighted by molar-refractivity contribution is -0.0703. The molecule has 2 fully saturated rings. The molecule has 22 heavy (non-hydrogen) atoms. The smallest absolute Gasteiger partial charge is 0.184 e. The molecule has 3 heterocycles. The minimum atomic E-state index is 0.0729. The van der Waals surface area contributed by atoms with Gasteiger partial charge >= 0.3 is 0 Å². The maximum Gasteiger partial charge on any atom is 0.184 e. The number of carbonyl (C=O) groups is 1. The summed E-state index contributed by atoms with van der Waals surface area (Å²) in [5, 5.41) is 1.08. The van der Waals surface area contributed by atoms with Crippen molar-refractivity contribution in [2.45, 2.75) is 24.9 Å². The largest absolute Gasteiger partial charge is 0.378 e. The van der Waals surface area contributed by atoms with Gasteiger partial charge < -0.3 is 4.74 Å². The Morgan fingerprint density at radius 3 is 2.64 bits per heavy atom. The highest BCUT2D eigenvalue weighted by atomic mass is 16.5. The molecule has 2 atom stereocenters. The zero-order valence-electron chi connectivity index (χ0n) is 12.7. The van der Waals surface area contributed by atoms with Crippen molar-refractivity contribution in [3.63, 3.8) is 0 Å². The van der Waals surface area contributed by atoms with Crippen LogP contribution in [0.4, 0.5) is 0 Å². The lowest BCUT2D eigenvalue weighted by Crippen LogP contribution is -2.55. The van der Waals surface area contributed by atoms with Crippen molar-refractivity contribution in [2.75, 3.05) is 20.3 Å². The fourth-order valence-corrected chi connectivity index (χ4v) is 3.72. The van der Waals surface area contributed by atoms with Gasteiger partial charge in [0.1, 0.15) is 5.69 Å². The third kappa shape index (κ3) is 2.32. The first-order valence-electron chi connectivity index (χ1n) is 7.92. The highest BCUT2D eigenvalue weighted by Crippen LogP contribution is 2.32. The van der Waals surface area contributed by atoms with Crippen LogP contribution in [0.2, 0.25) is 0 Å². The van der Waals surface area contributed by atoms with E-state index in [0.717, 1.165) is 37.0 Å². The van der Waals surface area contributed by atoms with Gasteiger partial charge in [0.05, 0.1) is 18.7 Å². The summed E-state index contributed by atoms with van der Waals surface area (Å²) in [6.07, 6.45) is 1.75. The standard InChI is InChI=1S/C18H20N2O2/c1-20-14-8-13(9-15(20)11-22-10-14)18(21)17-7-6-12-4-2-3-5-16(12)19-17/h2-7,13-15H,8-11H2,1H3. The molecule has 4 heteroatoms. The number of ketones is 1. The van der Waals surface area contributed by atoms with E-state index < -0.39 is 0 Å². The number of likely N-dealkylation sites (N-methyl/N-ethyl adjacent to an activating group) is 1. The molecule has 0 aliphatic carbocycles. The predicted molar refractivity (Wildman–Crippen MR) is 85.0 cm³/mol. The van der Waals surface area contributed by atoms with E-state index in [9.17, 15) is 4.79 Å². The van der Waals surface area contributed by atoms with Gasteiger partial charge in [0.25, 0.3) is 0 Å². The normalized spacial score (nSPS) is 28.7. The number of benzene rings is 1. The maximum atomic E-state index is 12.9. The molecule has 0 spiro atoms. The van der Waals surface area contributed by atoms with Gasteiger partial charge in [0.2, 0.25) is 0 Å².